The molecule has 0 aliphatic rings. The number of ether oxygens (including phenoxy) is 1. The van der Waals surface area contributed by atoms with Gasteiger partial charge in [0.2, 0.25) is 0 Å². The third kappa shape index (κ3) is 3.72. The largest absolute Gasteiger partial charge is 0.461 e. The Hall–Kier alpha value is -0.570. The van der Waals surface area contributed by atoms with Crippen molar-refractivity contribution in [1.82, 2.24) is 0 Å². The molecule has 0 aliphatic heterocycles. The number of carbonyl (C=O) groups excluding carboxylic acids is 1. The highest BCUT2D eigenvalue weighted by molar-refractivity contribution is 5.75. The van der Waals surface area contributed by atoms with E-state index in [-0.39, 0.29) is 12.1 Å². The SMILES string of the molecule is CC[C@@H](N)C(=O)O[C@@H](C)C(C)C. The molecule has 3 heteroatoms. The first-order valence-corrected chi connectivity index (χ1v) is 4.45. The summed E-state index contributed by atoms with van der Waals surface area (Å²) in [5, 5.41) is 0. The molecule has 72 valence electrons. The zero-order valence-electron chi connectivity index (χ0n) is 8.33. The predicted octanol–water partition coefficient (Wildman–Crippen LogP) is 1.31. The molecule has 0 bridgehead atoms. The second-order valence-electron chi connectivity index (χ2n) is 3.40. The van der Waals surface area contributed by atoms with Gasteiger partial charge in [-0.3, -0.25) is 4.79 Å². The summed E-state index contributed by atoms with van der Waals surface area (Å²) in [6.45, 7) is 7.77. The van der Waals surface area contributed by atoms with Crippen LogP contribution < -0.4 is 5.73 Å². The van der Waals surface area contributed by atoms with Crippen molar-refractivity contribution >= 4 is 5.97 Å². The van der Waals surface area contributed by atoms with Gasteiger partial charge in [0.1, 0.15) is 12.1 Å². The molecular weight excluding hydrogens is 154 g/mol. The van der Waals surface area contributed by atoms with Crippen LogP contribution in [0.15, 0.2) is 0 Å². The van der Waals surface area contributed by atoms with Crippen LogP contribution in [0.1, 0.15) is 34.1 Å². The summed E-state index contributed by atoms with van der Waals surface area (Å²) in [6, 6.07) is -0.466. The Kier molecular flexibility index (Phi) is 4.90. The minimum absolute atomic E-state index is 0.0462. The third-order valence-corrected chi connectivity index (χ3v) is 1.98. The average molecular weight is 173 g/mol. The minimum atomic E-state index is -0.466. The second-order valence-corrected chi connectivity index (χ2v) is 3.40. The van der Waals surface area contributed by atoms with E-state index in [1.54, 1.807) is 0 Å². The van der Waals surface area contributed by atoms with Crippen molar-refractivity contribution in [1.29, 1.82) is 0 Å². The van der Waals surface area contributed by atoms with Gasteiger partial charge in [-0.2, -0.15) is 0 Å². The van der Waals surface area contributed by atoms with Gasteiger partial charge in [-0.05, 0) is 19.3 Å². The summed E-state index contributed by atoms with van der Waals surface area (Å²) < 4.78 is 5.10. The van der Waals surface area contributed by atoms with E-state index >= 15 is 0 Å². The summed E-state index contributed by atoms with van der Waals surface area (Å²) in [7, 11) is 0. The Morgan fingerprint density at radius 1 is 1.42 bits per heavy atom. The van der Waals surface area contributed by atoms with Crippen LogP contribution in [0.2, 0.25) is 0 Å². The number of esters is 1. The Bertz CT molecular complexity index is 145. The monoisotopic (exact) mass is 173 g/mol. The van der Waals surface area contributed by atoms with Crippen molar-refractivity contribution in [3.63, 3.8) is 0 Å². The average Bonchev–Trinajstić information content (AvgIpc) is 2.02. The van der Waals surface area contributed by atoms with Crippen LogP contribution in [-0.2, 0) is 9.53 Å². The highest BCUT2D eigenvalue weighted by Crippen LogP contribution is 2.06. The molecule has 2 atom stereocenters. The van der Waals surface area contributed by atoms with Crippen LogP contribution in [0.25, 0.3) is 0 Å². The van der Waals surface area contributed by atoms with Gasteiger partial charge in [-0.15, -0.1) is 0 Å². The summed E-state index contributed by atoms with van der Waals surface area (Å²) in [5.41, 5.74) is 5.49. The van der Waals surface area contributed by atoms with Gasteiger partial charge in [-0.25, -0.2) is 0 Å². The van der Waals surface area contributed by atoms with E-state index in [0.29, 0.717) is 12.3 Å². The van der Waals surface area contributed by atoms with Crippen LogP contribution in [-0.4, -0.2) is 18.1 Å². The highest BCUT2D eigenvalue weighted by atomic mass is 16.5. The minimum Gasteiger partial charge on any atom is -0.461 e. The first-order valence-electron chi connectivity index (χ1n) is 4.45. The van der Waals surface area contributed by atoms with Gasteiger partial charge in [0.05, 0.1) is 0 Å². The molecule has 0 amide bonds. The zero-order valence-corrected chi connectivity index (χ0v) is 8.33. The van der Waals surface area contributed by atoms with Crippen molar-refractivity contribution in [2.75, 3.05) is 0 Å². The molecule has 0 aromatic carbocycles. The number of hydrogen-bond donors (Lipinski definition) is 1. The fourth-order valence-corrected chi connectivity index (χ4v) is 0.573. The molecule has 2 N–H and O–H groups in total. The second kappa shape index (κ2) is 5.14. The van der Waals surface area contributed by atoms with Crippen LogP contribution in [0.5, 0.6) is 0 Å². The third-order valence-electron chi connectivity index (χ3n) is 1.98. The molecule has 12 heavy (non-hydrogen) atoms. The van der Waals surface area contributed by atoms with E-state index in [9.17, 15) is 4.79 Å². The quantitative estimate of drug-likeness (QED) is 0.652. The smallest absolute Gasteiger partial charge is 0.323 e. The molecular formula is C9H19NO2. The summed E-state index contributed by atoms with van der Waals surface area (Å²) in [4.78, 5) is 11.1. The van der Waals surface area contributed by atoms with Gasteiger partial charge < -0.3 is 10.5 Å². The van der Waals surface area contributed by atoms with Crippen molar-refractivity contribution in [2.24, 2.45) is 11.7 Å². The Labute approximate surface area is 74.3 Å². The normalized spacial score (nSPS) is 15.8. The van der Waals surface area contributed by atoms with Crippen molar-refractivity contribution < 1.29 is 9.53 Å². The fraction of sp³-hybridized carbons (Fsp3) is 0.889. The van der Waals surface area contributed by atoms with E-state index in [0.717, 1.165) is 0 Å². The number of nitrogens with two attached hydrogens (primary N) is 1. The van der Waals surface area contributed by atoms with Crippen molar-refractivity contribution in [3.8, 4) is 0 Å². The highest BCUT2D eigenvalue weighted by Gasteiger charge is 2.17. The van der Waals surface area contributed by atoms with Crippen LogP contribution in [0.3, 0.4) is 0 Å². The van der Waals surface area contributed by atoms with Gasteiger partial charge in [0.25, 0.3) is 0 Å². The van der Waals surface area contributed by atoms with E-state index in [1.165, 1.54) is 0 Å². The molecule has 0 aromatic heterocycles. The maximum Gasteiger partial charge on any atom is 0.323 e. The predicted molar refractivity (Wildman–Crippen MR) is 48.7 cm³/mol. The van der Waals surface area contributed by atoms with E-state index in [2.05, 4.69) is 0 Å². The molecule has 0 aromatic rings. The fourth-order valence-electron chi connectivity index (χ4n) is 0.573. The van der Waals surface area contributed by atoms with Gasteiger partial charge in [-0.1, -0.05) is 20.8 Å². The van der Waals surface area contributed by atoms with Crippen LogP contribution in [0.4, 0.5) is 0 Å². The topological polar surface area (TPSA) is 52.3 Å². The first-order chi connectivity index (χ1) is 5.49. The number of hydrogen-bond acceptors (Lipinski definition) is 3. The lowest BCUT2D eigenvalue weighted by Crippen LogP contribution is -2.34. The molecule has 0 fully saturated rings. The Balaban J connectivity index is 3.84. The molecule has 0 heterocycles. The standard InChI is InChI=1S/C9H19NO2/c1-5-8(10)9(11)12-7(4)6(2)3/h6-8H,5,10H2,1-4H3/t7-,8+/m0/s1. The molecule has 0 saturated heterocycles. The number of carbonyl (C=O) groups is 1. The molecule has 0 aliphatic carbocycles. The van der Waals surface area contributed by atoms with Crippen LogP contribution >= 0.6 is 0 Å². The van der Waals surface area contributed by atoms with Gasteiger partial charge >= 0.3 is 5.97 Å². The molecule has 0 spiro atoms. The van der Waals surface area contributed by atoms with Gasteiger partial charge in [0, 0.05) is 0 Å². The van der Waals surface area contributed by atoms with Gasteiger partial charge in [0.15, 0.2) is 0 Å². The maximum atomic E-state index is 11.1. The van der Waals surface area contributed by atoms with Crippen LogP contribution in [0, 0.1) is 5.92 Å². The molecule has 0 rings (SSSR count). The lowest BCUT2D eigenvalue weighted by molar-refractivity contribution is -0.151. The molecule has 3 nitrogen and oxygen atoms in total. The summed E-state index contributed by atoms with van der Waals surface area (Å²) in [6.07, 6.45) is 0.582. The summed E-state index contributed by atoms with van der Waals surface area (Å²) in [5.74, 6) is 0.0525. The lowest BCUT2D eigenvalue weighted by Gasteiger charge is -2.18. The first kappa shape index (κ1) is 11.4. The Morgan fingerprint density at radius 2 is 1.92 bits per heavy atom. The lowest BCUT2D eigenvalue weighted by atomic mass is 10.1. The van der Waals surface area contributed by atoms with Crippen molar-refractivity contribution in [2.45, 2.75) is 46.3 Å². The molecule has 0 unspecified atom stereocenters. The maximum absolute atomic E-state index is 11.1. The Morgan fingerprint density at radius 3 is 2.25 bits per heavy atom. The van der Waals surface area contributed by atoms with E-state index < -0.39 is 6.04 Å². The molecule has 0 saturated carbocycles. The molecule has 0 radical (unpaired) electrons. The van der Waals surface area contributed by atoms with Crippen molar-refractivity contribution in [3.05, 3.63) is 0 Å². The number of rotatable bonds is 4. The zero-order chi connectivity index (χ0) is 9.72. The van der Waals surface area contributed by atoms with E-state index in [1.807, 2.05) is 27.7 Å². The van der Waals surface area contributed by atoms with E-state index in [4.69, 9.17) is 10.5 Å². The summed E-state index contributed by atoms with van der Waals surface area (Å²) >= 11 is 0.